The summed E-state index contributed by atoms with van der Waals surface area (Å²) >= 11 is 0. The van der Waals surface area contributed by atoms with Gasteiger partial charge in [-0.3, -0.25) is 4.79 Å². The molecule has 0 fully saturated rings. The number of carbonyl (C=O) groups is 1. The molecule has 23 heavy (non-hydrogen) atoms. The van der Waals surface area contributed by atoms with Gasteiger partial charge in [0.05, 0.1) is 30.6 Å². The lowest BCUT2D eigenvalue weighted by atomic mass is 10.1. The molecule has 5 heteroatoms. The number of benzene rings is 2. The van der Waals surface area contributed by atoms with Crippen LogP contribution in [-0.2, 0) is 24.2 Å². The lowest BCUT2D eigenvalue weighted by Crippen LogP contribution is -2.25. The number of amides is 1. The Morgan fingerprint density at radius 1 is 1.26 bits per heavy atom. The summed E-state index contributed by atoms with van der Waals surface area (Å²) in [5, 5.41) is 2.90. The van der Waals surface area contributed by atoms with Crippen molar-refractivity contribution in [3.8, 4) is 5.75 Å². The van der Waals surface area contributed by atoms with Crippen LogP contribution < -0.4 is 10.1 Å². The number of rotatable bonds is 4. The van der Waals surface area contributed by atoms with Gasteiger partial charge in [-0.1, -0.05) is 24.3 Å². The SMILES string of the molecule is O=C(Cc1ccc2c(c1)OCC2)NCc1nc2ccccc2[nH]1. The highest BCUT2D eigenvalue weighted by atomic mass is 16.5. The lowest BCUT2D eigenvalue weighted by Gasteiger charge is -2.05. The molecule has 3 aromatic rings. The molecule has 0 saturated heterocycles. The number of ether oxygens (including phenoxy) is 1. The van der Waals surface area contributed by atoms with Gasteiger partial charge < -0.3 is 15.0 Å². The van der Waals surface area contributed by atoms with Crippen molar-refractivity contribution in [2.75, 3.05) is 6.61 Å². The van der Waals surface area contributed by atoms with Gasteiger partial charge in [0.25, 0.3) is 0 Å². The summed E-state index contributed by atoms with van der Waals surface area (Å²) in [6.45, 7) is 1.13. The van der Waals surface area contributed by atoms with Gasteiger partial charge in [0.1, 0.15) is 11.6 Å². The third kappa shape index (κ3) is 2.90. The molecule has 2 N–H and O–H groups in total. The number of imidazole rings is 1. The highest BCUT2D eigenvalue weighted by molar-refractivity contribution is 5.79. The van der Waals surface area contributed by atoms with E-state index in [1.807, 2.05) is 42.5 Å². The van der Waals surface area contributed by atoms with E-state index < -0.39 is 0 Å². The first kappa shape index (κ1) is 13.8. The second-order valence-corrected chi connectivity index (χ2v) is 5.69. The van der Waals surface area contributed by atoms with E-state index >= 15 is 0 Å². The minimum absolute atomic E-state index is 0.0246. The fraction of sp³-hybridized carbons (Fsp3) is 0.222. The minimum Gasteiger partial charge on any atom is -0.493 e. The zero-order chi connectivity index (χ0) is 15.6. The second-order valence-electron chi connectivity index (χ2n) is 5.69. The van der Waals surface area contributed by atoms with Gasteiger partial charge in [0.15, 0.2) is 0 Å². The Labute approximate surface area is 133 Å². The largest absolute Gasteiger partial charge is 0.493 e. The van der Waals surface area contributed by atoms with Crippen LogP contribution in [0.3, 0.4) is 0 Å². The highest BCUT2D eigenvalue weighted by Gasteiger charge is 2.13. The molecule has 1 aliphatic rings. The van der Waals surface area contributed by atoms with Gasteiger partial charge in [-0.05, 0) is 29.3 Å². The molecule has 0 aliphatic carbocycles. The Kier molecular flexibility index (Phi) is 3.46. The maximum atomic E-state index is 12.1. The van der Waals surface area contributed by atoms with Crippen LogP contribution in [0.5, 0.6) is 5.75 Å². The molecule has 0 atom stereocenters. The molecule has 1 amide bonds. The summed E-state index contributed by atoms with van der Waals surface area (Å²) in [5.41, 5.74) is 4.07. The number of carbonyl (C=O) groups excluding carboxylic acids is 1. The first-order valence-electron chi connectivity index (χ1n) is 7.73. The predicted octanol–water partition coefficient (Wildman–Crippen LogP) is 2.36. The van der Waals surface area contributed by atoms with Gasteiger partial charge in [-0.2, -0.15) is 0 Å². The quantitative estimate of drug-likeness (QED) is 0.777. The number of hydrogen-bond acceptors (Lipinski definition) is 3. The van der Waals surface area contributed by atoms with Crippen LogP contribution in [0.4, 0.5) is 0 Å². The van der Waals surface area contributed by atoms with Gasteiger partial charge in [0, 0.05) is 6.42 Å². The predicted molar refractivity (Wildman–Crippen MR) is 87.3 cm³/mol. The molecule has 0 spiro atoms. The highest BCUT2D eigenvalue weighted by Crippen LogP contribution is 2.26. The molecule has 2 aromatic carbocycles. The summed E-state index contributed by atoms with van der Waals surface area (Å²) in [7, 11) is 0. The van der Waals surface area contributed by atoms with Crippen molar-refractivity contribution in [3.63, 3.8) is 0 Å². The molecule has 4 rings (SSSR count). The van der Waals surface area contributed by atoms with Gasteiger partial charge >= 0.3 is 0 Å². The molecule has 1 aliphatic heterocycles. The minimum atomic E-state index is -0.0246. The number of nitrogens with zero attached hydrogens (tertiary/aromatic N) is 1. The van der Waals surface area contributed by atoms with E-state index in [9.17, 15) is 4.79 Å². The van der Waals surface area contributed by atoms with Crippen molar-refractivity contribution in [1.82, 2.24) is 15.3 Å². The van der Waals surface area contributed by atoms with Crippen LogP contribution >= 0.6 is 0 Å². The van der Waals surface area contributed by atoms with E-state index in [1.165, 1.54) is 5.56 Å². The Balaban J connectivity index is 1.38. The summed E-state index contributed by atoms with van der Waals surface area (Å²) in [5.74, 6) is 1.65. The molecular formula is C18H17N3O2. The maximum Gasteiger partial charge on any atom is 0.224 e. The van der Waals surface area contributed by atoms with E-state index in [0.717, 1.165) is 41.2 Å². The fourth-order valence-corrected chi connectivity index (χ4v) is 2.84. The van der Waals surface area contributed by atoms with Crippen molar-refractivity contribution in [3.05, 3.63) is 59.4 Å². The van der Waals surface area contributed by atoms with Crippen LogP contribution in [0.15, 0.2) is 42.5 Å². The number of hydrogen-bond donors (Lipinski definition) is 2. The monoisotopic (exact) mass is 307 g/mol. The van der Waals surface area contributed by atoms with E-state index in [4.69, 9.17) is 4.74 Å². The van der Waals surface area contributed by atoms with E-state index in [2.05, 4.69) is 15.3 Å². The Morgan fingerprint density at radius 2 is 2.17 bits per heavy atom. The van der Waals surface area contributed by atoms with Gasteiger partial charge in [-0.15, -0.1) is 0 Å². The number of fused-ring (bicyclic) bond motifs is 2. The van der Waals surface area contributed by atoms with Crippen molar-refractivity contribution in [2.45, 2.75) is 19.4 Å². The zero-order valence-electron chi connectivity index (χ0n) is 12.6. The second kappa shape index (κ2) is 5.76. The Hall–Kier alpha value is -2.82. The van der Waals surface area contributed by atoms with Crippen LogP contribution in [0.1, 0.15) is 17.0 Å². The molecule has 0 unspecified atom stereocenters. The van der Waals surface area contributed by atoms with Crippen molar-refractivity contribution >= 4 is 16.9 Å². The number of para-hydroxylation sites is 2. The summed E-state index contributed by atoms with van der Waals surface area (Å²) in [6.07, 6.45) is 1.30. The standard InChI is InChI=1S/C18H17N3O2/c22-18(10-12-5-6-13-7-8-23-16(13)9-12)19-11-17-20-14-3-1-2-4-15(14)21-17/h1-6,9H,7-8,10-11H2,(H,19,22)(H,20,21). The van der Waals surface area contributed by atoms with E-state index in [0.29, 0.717) is 13.0 Å². The number of nitrogens with one attached hydrogen (secondary N) is 2. The zero-order valence-corrected chi connectivity index (χ0v) is 12.6. The fourth-order valence-electron chi connectivity index (χ4n) is 2.84. The first-order valence-corrected chi connectivity index (χ1v) is 7.73. The van der Waals surface area contributed by atoms with E-state index in [1.54, 1.807) is 0 Å². The Morgan fingerprint density at radius 3 is 3.09 bits per heavy atom. The average molecular weight is 307 g/mol. The third-order valence-electron chi connectivity index (χ3n) is 4.02. The molecule has 2 heterocycles. The molecule has 5 nitrogen and oxygen atoms in total. The van der Waals surface area contributed by atoms with Crippen LogP contribution in [0, 0.1) is 0 Å². The topological polar surface area (TPSA) is 67.0 Å². The molecule has 0 radical (unpaired) electrons. The van der Waals surface area contributed by atoms with Gasteiger partial charge in [0.2, 0.25) is 5.91 Å². The third-order valence-corrected chi connectivity index (χ3v) is 4.02. The first-order chi connectivity index (χ1) is 11.3. The molecular weight excluding hydrogens is 290 g/mol. The van der Waals surface area contributed by atoms with Crippen LogP contribution in [-0.4, -0.2) is 22.5 Å². The average Bonchev–Trinajstić information content (AvgIpc) is 3.18. The van der Waals surface area contributed by atoms with Gasteiger partial charge in [-0.25, -0.2) is 4.98 Å². The van der Waals surface area contributed by atoms with Crippen molar-refractivity contribution in [2.24, 2.45) is 0 Å². The number of aromatic nitrogens is 2. The normalized spacial score (nSPS) is 12.9. The smallest absolute Gasteiger partial charge is 0.224 e. The maximum absolute atomic E-state index is 12.1. The number of H-pyrrole nitrogens is 1. The molecule has 0 saturated carbocycles. The summed E-state index contributed by atoms with van der Waals surface area (Å²) < 4.78 is 5.54. The van der Waals surface area contributed by atoms with E-state index in [-0.39, 0.29) is 5.91 Å². The van der Waals surface area contributed by atoms with Crippen molar-refractivity contribution in [1.29, 1.82) is 0 Å². The number of aromatic amines is 1. The van der Waals surface area contributed by atoms with Crippen LogP contribution in [0.25, 0.3) is 11.0 Å². The van der Waals surface area contributed by atoms with Crippen molar-refractivity contribution < 1.29 is 9.53 Å². The Bertz CT molecular complexity index is 837. The lowest BCUT2D eigenvalue weighted by molar-refractivity contribution is -0.120. The molecule has 116 valence electrons. The molecule has 1 aromatic heterocycles. The molecule has 0 bridgehead atoms. The summed E-state index contributed by atoms with van der Waals surface area (Å²) in [6, 6.07) is 13.8. The van der Waals surface area contributed by atoms with Crippen LogP contribution in [0.2, 0.25) is 0 Å². The summed E-state index contributed by atoms with van der Waals surface area (Å²) in [4.78, 5) is 19.8.